The molecular weight excluding hydrogens is 250 g/mol. The molecule has 0 aliphatic carbocycles. The first kappa shape index (κ1) is 13.7. The number of rotatable bonds is 4. The Morgan fingerprint density at radius 2 is 2.28 bits per heavy atom. The first-order valence-electron chi connectivity index (χ1n) is 6.19. The predicted molar refractivity (Wildman–Crippen MR) is 73.1 cm³/mol. The molecule has 0 bridgehead atoms. The minimum atomic E-state index is 0.0402. The number of ether oxygens (including phenoxy) is 1. The van der Waals surface area contributed by atoms with Gasteiger partial charge in [-0.25, -0.2) is 4.98 Å². The molecule has 18 heavy (non-hydrogen) atoms. The molecule has 1 aliphatic rings. The van der Waals surface area contributed by atoms with E-state index in [1.165, 1.54) is 0 Å². The van der Waals surface area contributed by atoms with Crippen LogP contribution in [0.15, 0.2) is 0 Å². The van der Waals surface area contributed by atoms with E-state index in [-0.39, 0.29) is 6.61 Å². The molecule has 0 aromatic carbocycles. The summed E-state index contributed by atoms with van der Waals surface area (Å²) in [6.07, 6.45) is 0. The van der Waals surface area contributed by atoms with Crippen LogP contribution in [-0.4, -0.2) is 54.8 Å². The van der Waals surface area contributed by atoms with E-state index in [4.69, 9.17) is 4.74 Å². The van der Waals surface area contributed by atoms with Crippen molar-refractivity contribution in [2.75, 3.05) is 38.7 Å². The summed E-state index contributed by atoms with van der Waals surface area (Å²) in [5.41, 5.74) is 0.867. The zero-order chi connectivity index (χ0) is 13.1. The quantitative estimate of drug-likeness (QED) is 0.882. The topological polar surface area (TPSA) is 48.8 Å². The zero-order valence-electron chi connectivity index (χ0n) is 11.2. The van der Waals surface area contributed by atoms with Gasteiger partial charge in [-0.3, -0.25) is 0 Å². The van der Waals surface area contributed by atoms with Crippen molar-refractivity contribution in [2.45, 2.75) is 26.2 Å². The molecule has 1 atom stereocenters. The Labute approximate surface area is 112 Å². The van der Waals surface area contributed by atoms with E-state index < -0.39 is 0 Å². The van der Waals surface area contributed by atoms with Gasteiger partial charge in [-0.1, -0.05) is 11.3 Å². The minimum absolute atomic E-state index is 0.0402. The first-order chi connectivity index (χ1) is 8.65. The van der Waals surface area contributed by atoms with Crippen LogP contribution in [0.1, 0.15) is 17.5 Å². The van der Waals surface area contributed by atoms with Gasteiger partial charge in [0.2, 0.25) is 0 Å². The number of methoxy groups -OCH3 is 1. The van der Waals surface area contributed by atoms with Gasteiger partial charge in [0, 0.05) is 32.8 Å². The van der Waals surface area contributed by atoms with Crippen LogP contribution < -0.4 is 4.90 Å². The van der Waals surface area contributed by atoms with Crippen molar-refractivity contribution in [3.8, 4) is 0 Å². The fraction of sp³-hybridized carbons (Fsp3) is 0.750. The van der Waals surface area contributed by atoms with Crippen LogP contribution in [0.5, 0.6) is 0 Å². The third-order valence-electron chi connectivity index (χ3n) is 3.27. The van der Waals surface area contributed by atoms with Gasteiger partial charge in [0.05, 0.1) is 23.8 Å². The minimum Gasteiger partial charge on any atom is -0.391 e. The Balaban J connectivity index is 2.17. The van der Waals surface area contributed by atoms with Crippen LogP contribution >= 0.6 is 11.3 Å². The highest BCUT2D eigenvalue weighted by Gasteiger charge is 2.25. The van der Waals surface area contributed by atoms with E-state index in [2.05, 4.69) is 28.8 Å². The van der Waals surface area contributed by atoms with E-state index >= 15 is 0 Å². The van der Waals surface area contributed by atoms with Crippen molar-refractivity contribution in [1.29, 1.82) is 0 Å². The lowest BCUT2D eigenvalue weighted by Gasteiger charge is -2.38. The van der Waals surface area contributed by atoms with Crippen molar-refractivity contribution in [3.05, 3.63) is 10.6 Å². The van der Waals surface area contributed by atoms with Gasteiger partial charge in [0.1, 0.15) is 0 Å². The standard InChI is InChI=1S/C12H21N3O2S/c1-9-6-14(2)4-5-15(9)12-13-10(8-17-3)11(7-16)18-12/h9,16H,4-8H2,1-3H3. The highest BCUT2D eigenvalue weighted by Crippen LogP contribution is 2.29. The van der Waals surface area contributed by atoms with Crippen LogP contribution in [0.25, 0.3) is 0 Å². The number of aromatic nitrogens is 1. The summed E-state index contributed by atoms with van der Waals surface area (Å²) in [7, 11) is 3.80. The van der Waals surface area contributed by atoms with Crippen molar-refractivity contribution in [2.24, 2.45) is 0 Å². The molecule has 102 valence electrons. The van der Waals surface area contributed by atoms with Gasteiger partial charge in [-0.15, -0.1) is 0 Å². The Kier molecular flexibility index (Phi) is 4.55. The fourth-order valence-corrected chi connectivity index (χ4v) is 3.34. The summed E-state index contributed by atoms with van der Waals surface area (Å²) in [5, 5.41) is 10.4. The molecular formula is C12H21N3O2S. The Bertz CT molecular complexity index is 397. The predicted octanol–water partition coefficient (Wildman–Crippen LogP) is 0.922. The van der Waals surface area contributed by atoms with Gasteiger partial charge in [-0.2, -0.15) is 0 Å². The summed E-state index contributed by atoms with van der Waals surface area (Å²) in [6.45, 7) is 5.81. The van der Waals surface area contributed by atoms with Crippen LogP contribution in [-0.2, 0) is 18.0 Å². The van der Waals surface area contributed by atoms with Gasteiger partial charge in [0.15, 0.2) is 5.13 Å². The maximum absolute atomic E-state index is 9.35. The molecule has 1 saturated heterocycles. The second-order valence-electron chi connectivity index (χ2n) is 4.76. The molecule has 0 radical (unpaired) electrons. The van der Waals surface area contributed by atoms with Gasteiger partial charge in [0.25, 0.3) is 0 Å². The summed E-state index contributed by atoms with van der Waals surface area (Å²) < 4.78 is 5.12. The van der Waals surface area contributed by atoms with E-state index in [0.717, 1.165) is 35.3 Å². The van der Waals surface area contributed by atoms with Gasteiger partial charge < -0.3 is 19.6 Å². The van der Waals surface area contributed by atoms with Crippen LogP contribution in [0, 0.1) is 0 Å². The number of aliphatic hydroxyl groups excluding tert-OH is 1. The highest BCUT2D eigenvalue weighted by molar-refractivity contribution is 7.15. The molecule has 2 heterocycles. The van der Waals surface area contributed by atoms with Gasteiger partial charge >= 0.3 is 0 Å². The Morgan fingerprint density at radius 1 is 1.50 bits per heavy atom. The molecule has 0 spiro atoms. The van der Waals surface area contributed by atoms with Gasteiger partial charge in [-0.05, 0) is 14.0 Å². The number of hydrogen-bond acceptors (Lipinski definition) is 6. The lowest BCUT2D eigenvalue weighted by molar-refractivity contribution is 0.179. The SMILES string of the molecule is COCc1nc(N2CCN(C)CC2C)sc1CO. The summed E-state index contributed by atoms with van der Waals surface area (Å²) in [5.74, 6) is 0. The molecule has 0 saturated carbocycles. The molecule has 1 N–H and O–H groups in total. The first-order valence-corrected chi connectivity index (χ1v) is 7.01. The lowest BCUT2D eigenvalue weighted by Crippen LogP contribution is -2.50. The van der Waals surface area contributed by atoms with Crippen molar-refractivity contribution >= 4 is 16.5 Å². The number of aliphatic hydroxyl groups is 1. The summed E-state index contributed by atoms with van der Waals surface area (Å²) >= 11 is 1.58. The number of anilines is 1. The number of likely N-dealkylation sites (N-methyl/N-ethyl adjacent to an activating group) is 1. The number of piperazine rings is 1. The third kappa shape index (κ3) is 2.83. The maximum atomic E-state index is 9.35. The molecule has 2 rings (SSSR count). The second kappa shape index (κ2) is 5.97. The summed E-state index contributed by atoms with van der Waals surface area (Å²) in [4.78, 5) is 10.2. The molecule has 1 aromatic rings. The Morgan fingerprint density at radius 3 is 2.89 bits per heavy atom. The average Bonchev–Trinajstić information content (AvgIpc) is 2.72. The highest BCUT2D eigenvalue weighted by atomic mass is 32.1. The third-order valence-corrected chi connectivity index (χ3v) is 4.39. The van der Waals surface area contributed by atoms with E-state index in [1.54, 1.807) is 18.4 Å². The van der Waals surface area contributed by atoms with Crippen molar-refractivity contribution < 1.29 is 9.84 Å². The van der Waals surface area contributed by atoms with Crippen molar-refractivity contribution in [1.82, 2.24) is 9.88 Å². The molecule has 1 fully saturated rings. The molecule has 1 aromatic heterocycles. The fourth-order valence-electron chi connectivity index (χ4n) is 2.29. The largest absolute Gasteiger partial charge is 0.391 e. The number of hydrogen-bond donors (Lipinski definition) is 1. The van der Waals surface area contributed by atoms with E-state index in [1.807, 2.05) is 0 Å². The van der Waals surface area contributed by atoms with E-state index in [9.17, 15) is 5.11 Å². The number of nitrogens with zero attached hydrogens (tertiary/aromatic N) is 3. The molecule has 0 amide bonds. The average molecular weight is 271 g/mol. The normalized spacial score (nSPS) is 21.6. The van der Waals surface area contributed by atoms with E-state index in [0.29, 0.717) is 12.6 Å². The molecule has 6 heteroatoms. The van der Waals surface area contributed by atoms with Crippen LogP contribution in [0.3, 0.4) is 0 Å². The van der Waals surface area contributed by atoms with Crippen molar-refractivity contribution in [3.63, 3.8) is 0 Å². The zero-order valence-corrected chi connectivity index (χ0v) is 12.0. The molecule has 5 nitrogen and oxygen atoms in total. The second-order valence-corrected chi connectivity index (χ2v) is 5.82. The Hall–Kier alpha value is -0.690. The lowest BCUT2D eigenvalue weighted by atomic mass is 10.2. The monoisotopic (exact) mass is 271 g/mol. The smallest absolute Gasteiger partial charge is 0.186 e. The molecule has 1 unspecified atom stereocenters. The van der Waals surface area contributed by atoms with Crippen LogP contribution in [0.2, 0.25) is 0 Å². The number of thiazole rings is 1. The summed E-state index contributed by atoms with van der Waals surface area (Å²) in [6, 6.07) is 0.455. The van der Waals surface area contributed by atoms with Crippen LogP contribution in [0.4, 0.5) is 5.13 Å². The maximum Gasteiger partial charge on any atom is 0.186 e. The molecule has 1 aliphatic heterocycles.